The highest BCUT2D eigenvalue weighted by molar-refractivity contribution is 5.70. The summed E-state index contributed by atoms with van der Waals surface area (Å²) < 4.78 is 17.0. The monoisotopic (exact) mass is 300 g/mol. The first-order chi connectivity index (χ1) is 9.86. The second kappa shape index (κ2) is 8.51. The molecule has 0 N–H and O–H groups in total. The van der Waals surface area contributed by atoms with Crippen LogP contribution in [0.15, 0.2) is 12.2 Å². The van der Waals surface area contributed by atoms with Crippen molar-refractivity contribution < 1.29 is 23.5 Å². The van der Waals surface area contributed by atoms with Crippen LogP contribution < -0.4 is 0 Å². The molecule has 2 unspecified atom stereocenters. The van der Waals surface area contributed by atoms with Crippen molar-refractivity contribution in [3.05, 3.63) is 12.2 Å². The lowest BCUT2D eigenvalue weighted by Crippen LogP contribution is -2.54. The second-order valence-electron chi connectivity index (χ2n) is 6.23. The minimum atomic E-state index is -0.192. The molecular weight excluding hydrogens is 270 g/mol. The van der Waals surface area contributed by atoms with Gasteiger partial charge in [0.2, 0.25) is 0 Å². The first-order valence-corrected chi connectivity index (χ1v) is 7.73. The number of ether oxygens (including phenoxy) is 3. The molecule has 0 radical (unpaired) electrons. The first kappa shape index (κ1) is 18.1. The maximum Gasteiger partial charge on any atom is 0.361 e. The van der Waals surface area contributed by atoms with Crippen molar-refractivity contribution in [2.45, 2.75) is 45.4 Å². The molecule has 1 aliphatic heterocycles. The Bertz CT molecular complexity index is 348. The van der Waals surface area contributed by atoms with Gasteiger partial charge in [-0.2, -0.15) is 0 Å². The third-order valence-corrected chi connectivity index (χ3v) is 3.83. The van der Waals surface area contributed by atoms with Gasteiger partial charge in [0.05, 0.1) is 20.7 Å². The summed E-state index contributed by atoms with van der Waals surface area (Å²) in [5.74, 6) is -0.192. The van der Waals surface area contributed by atoms with Crippen LogP contribution in [-0.4, -0.2) is 63.2 Å². The largest absolute Gasteiger partial charge is 0.462 e. The minimum absolute atomic E-state index is 0.0416. The number of hydrogen-bond donors (Lipinski definition) is 0. The predicted molar refractivity (Wildman–Crippen MR) is 81.8 cm³/mol. The van der Waals surface area contributed by atoms with Gasteiger partial charge in [0.15, 0.2) is 12.8 Å². The number of carbonyl (C=O) groups excluding carboxylic acids is 1. The molecule has 0 spiro atoms. The molecular formula is C16H30NO4+. The highest BCUT2D eigenvalue weighted by Crippen LogP contribution is 2.19. The molecule has 0 aromatic heterocycles. The van der Waals surface area contributed by atoms with E-state index in [1.807, 2.05) is 27.9 Å². The molecule has 1 heterocycles. The molecule has 0 aliphatic carbocycles. The van der Waals surface area contributed by atoms with Crippen LogP contribution in [-0.2, 0) is 19.0 Å². The molecule has 0 bridgehead atoms. The van der Waals surface area contributed by atoms with E-state index in [1.54, 1.807) is 0 Å². The number of likely N-dealkylation sites (N-methyl/N-ethyl adjacent to an activating group) is 1. The molecule has 1 aliphatic rings. The molecule has 1 fully saturated rings. The van der Waals surface area contributed by atoms with E-state index >= 15 is 0 Å². The lowest BCUT2D eigenvalue weighted by Gasteiger charge is -2.38. The SMILES string of the molecule is C=C(C)C(COC1CCCCO1)[N+](C)(C)CC(=O)OCC. The summed E-state index contributed by atoms with van der Waals surface area (Å²) in [5.41, 5.74) is 1.00. The molecule has 0 amide bonds. The number of esters is 1. The zero-order chi connectivity index (χ0) is 15.9. The molecule has 5 nitrogen and oxygen atoms in total. The topological polar surface area (TPSA) is 44.8 Å². The average Bonchev–Trinajstić information content (AvgIpc) is 2.38. The molecule has 122 valence electrons. The van der Waals surface area contributed by atoms with Gasteiger partial charge in [-0.05, 0) is 38.7 Å². The van der Waals surface area contributed by atoms with Gasteiger partial charge in [-0.1, -0.05) is 6.58 Å². The van der Waals surface area contributed by atoms with E-state index in [-0.39, 0.29) is 18.3 Å². The van der Waals surface area contributed by atoms with Gasteiger partial charge in [0, 0.05) is 6.61 Å². The minimum Gasteiger partial charge on any atom is -0.462 e. The van der Waals surface area contributed by atoms with Crippen LogP contribution in [0.4, 0.5) is 0 Å². The van der Waals surface area contributed by atoms with Gasteiger partial charge in [-0.25, -0.2) is 4.79 Å². The van der Waals surface area contributed by atoms with Crippen molar-refractivity contribution >= 4 is 5.97 Å². The molecule has 2 atom stereocenters. The van der Waals surface area contributed by atoms with Crippen LogP contribution in [0.1, 0.15) is 33.1 Å². The lowest BCUT2D eigenvalue weighted by atomic mass is 10.1. The highest BCUT2D eigenvalue weighted by Gasteiger charge is 2.33. The quantitative estimate of drug-likeness (QED) is 0.391. The number of hydrogen-bond acceptors (Lipinski definition) is 4. The Morgan fingerprint density at radius 3 is 2.67 bits per heavy atom. The molecule has 1 saturated heterocycles. The van der Waals surface area contributed by atoms with Gasteiger partial charge in [-0.15, -0.1) is 0 Å². The average molecular weight is 300 g/mol. The molecule has 5 heteroatoms. The van der Waals surface area contributed by atoms with Crippen molar-refractivity contribution in [2.24, 2.45) is 0 Å². The molecule has 0 aromatic carbocycles. The zero-order valence-electron chi connectivity index (χ0n) is 13.9. The Morgan fingerprint density at radius 1 is 1.43 bits per heavy atom. The van der Waals surface area contributed by atoms with Crippen molar-refractivity contribution in [2.75, 3.05) is 40.5 Å². The summed E-state index contributed by atoms with van der Waals surface area (Å²) in [4.78, 5) is 11.8. The fraction of sp³-hybridized carbons (Fsp3) is 0.812. The Kier molecular flexibility index (Phi) is 7.35. The molecule has 0 saturated carbocycles. The van der Waals surface area contributed by atoms with Gasteiger partial charge < -0.3 is 18.7 Å². The van der Waals surface area contributed by atoms with Crippen LogP contribution >= 0.6 is 0 Å². The summed E-state index contributed by atoms with van der Waals surface area (Å²) in [6.45, 7) is 9.83. The summed E-state index contributed by atoms with van der Waals surface area (Å²) in [6.07, 6.45) is 3.06. The van der Waals surface area contributed by atoms with Gasteiger partial charge in [0.25, 0.3) is 0 Å². The Morgan fingerprint density at radius 2 is 2.14 bits per heavy atom. The van der Waals surface area contributed by atoms with E-state index in [0.29, 0.717) is 24.2 Å². The third-order valence-electron chi connectivity index (χ3n) is 3.83. The number of nitrogens with zero attached hydrogens (tertiary/aromatic N) is 1. The van der Waals surface area contributed by atoms with Crippen molar-refractivity contribution in [1.82, 2.24) is 0 Å². The summed E-state index contributed by atoms with van der Waals surface area (Å²) >= 11 is 0. The predicted octanol–water partition coefficient (Wildman–Crippen LogP) is 2.11. The number of quaternary nitrogens is 1. The normalized spacial score (nSPS) is 20.9. The van der Waals surface area contributed by atoms with Crippen LogP contribution in [0.3, 0.4) is 0 Å². The lowest BCUT2D eigenvalue weighted by molar-refractivity contribution is -0.903. The van der Waals surface area contributed by atoms with Gasteiger partial charge >= 0.3 is 5.97 Å². The van der Waals surface area contributed by atoms with Crippen molar-refractivity contribution in [1.29, 1.82) is 0 Å². The maximum absolute atomic E-state index is 11.8. The van der Waals surface area contributed by atoms with E-state index in [1.165, 1.54) is 0 Å². The standard InChI is InChI=1S/C16H30NO4/c1-6-19-15(18)11-17(4,5)14(13(2)3)12-21-16-9-7-8-10-20-16/h14,16H,2,6-12H2,1,3-5H3/q+1. The van der Waals surface area contributed by atoms with E-state index in [9.17, 15) is 4.79 Å². The number of rotatable bonds is 8. The molecule has 0 aromatic rings. The Hall–Kier alpha value is -0.910. The number of carbonyl (C=O) groups is 1. The summed E-state index contributed by atoms with van der Waals surface area (Å²) in [6, 6.07) is 0.0416. The maximum atomic E-state index is 11.8. The van der Waals surface area contributed by atoms with E-state index < -0.39 is 0 Å². The van der Waals surface area contributed by atoms with E-state index in [2.05, 4.69) is 6.58 Å². The fourth-order valence-corrected chi connectivity index (χ4v) is 2.63. The van der Waals surface area contributed by atoms with Crippen molar-refractivity contribution in [3.8, 4) is 0 Å². The smallest absolute Gasteiger partial charge is 0.361 e. The first-order valence-electron chi connectivity index (χ1n) is 7.73. The van der Waals surface area contributed by atoms with E-state index in [0.717, 1.165) is 31.4 Å². The Labute approximate surface area is 128 Å². The van der Waals surface area contributed by atoms with E-state index in [4.69, 9.17) is 14.2 Å². The second-order valence-corrected chi connectivity index (χ2v) is 6.23. The van der Waals surface area contributed by atoms with Crippen LogP contribution in [0, 0.1) is 0 Å². The summed E-state index contributed by atoms with van der Waals surface area (Å²) in [7, 11) is 4.00. The molecule has 21 heavy (non-hydrogen) atoms. The van der Waals surface area contributed by atoms with Crippen LogP contribution in [0.2, 0.25) is 0 Å². The van der Waals surface area contributed by atoms with Crippen LogP contribution in [0.5, 0.6) is 0 Å². The van der Waals surface area contributed by atoms with Crippen molar-refractivity contribution in [3.63, 3.8) is 0 Å². The Balaban J connectivity index is 2.57. The fourth-order valence-electron chi connectivity index (χ4n) is 2.63. The van der Waals surface area contributed by atoms with Crippen LogP contribution in [0.25, 0.3) is 0 Å². The highest BCUT2D eigenvalue weighted by atomic mass is 16.7. The zero-order valence-corrected chi connectivity index (χ0v) is 13.9. The van der Waals surface area contributed by atoms with Gasteiger partial charge in [0.1, 0.15) is 12.6 Å². The molecule has 1 rings (SSSR count). The van der Waals surface area contributed by atoms with Gasteiger partial charge in [-0.3, -0.25) is 0 Å². The summed E-state index contributed by atoms with van der Waals surface area (Å²) in [5, 5.41) is 0. The third kappa shape index (κ3) is 6.16.